The van der Waals surface area contributed by atoms with E-state index in [0.717, 1.165) is 5.02 Å². The first kappa shape index (κ1) is 19.3. The predicted octanol–water partition coefficient (Wildman–Crippen LogP) is 9.71. The molecule has 0 fully saturated rings. The van der Waals surface area contributed by atoms with Crippen LogP contribution in [0.25, 0.3) is 53.6 Å². The van der Waals surface area contributed by atoms with Gasteiger partial charge in [0.05, 0.1) is 0 Å². The molecule has 0 atom stereocenters. The van der Waals surface area contributed by atoms with E-state index >= 15 is 0 Å². The van der Waals surface area contributed by atoms with Gasteiger partial charge in [0.2, 0.25) is 0 Å². The number of hydrogen-bond acceptors (Lipinski definition) is 1. The Kier molecular flexibility index (Phi) is 4.79. The van der Waals surface area contributed by atoms with Gasteiger partial charge in [-0.25, -0.2) is 0 Å². The Bertz CT molecular complexity index is 1540. The molecule has 5 aromatic carbocycles. The molecule has 1 aromatic heterocycles. The molecular weight excluding hydrogens is 428 g/mol. The lowest BCUT2D eigenvalue weighted by Gasteiger charge is -2.14. The van der Waals surface area contributed by atoms with E-state index in [-0.39, 0.29) is 0 Å². The van der Waals surface area contributed by atoms with Gasteiger partial charge in [-0.1, -0.05) is 103 Å². The van der Waals surface area contributed by atoms with Gasteiger partial charge < -0.3 is 0 Å². The molecule has 0 aliphatic rings. The highest BCUT2D eigenvalue weighted by Gasteiger charge is 2.16. The van der Waals surface area contributed by atoms with E-state index in [1.807, 2.05) is 23.5 Å². The highest BCUT2D eigenvalue weighted by Crippen LogP contribution is 2.45. The number of thiophene rings is 1. The van der Waals surface area contributed by atoms with E-state index in [1.54, 1.807) is 0 Å². The molecule has 0 saturated heterocycles. The second kappa shape index (κ2) is 7.94. The summed E-state index contributed by atoms with van der Waals surface area (Å²) in [6.45, 7) is 0. The third-order valence-electron chi connectivity index (χ3n) is 5.98. The zero-order valence-corrected chi connectivity index (χ0v) is 18.8. The Hall–Kier alpha value is -3.39. The summed E-state index contributed by atoms with van der Waals surface area (Å²) in [7, 11) is 0. The molecule has 0 aliphatic heterocycles. The van der Waals surface area contributed by atoms with Crippen LogP contribution in [0.15, 0.2) is 115 Å². The minimum atomic E-state index is 0.754. The van der Waals surface area contributed by atoms with Crippen LogP contribution in [0.5, 0.6) is 0 Å². The lowest BCUT2D eigenvalue weighted by Crippen LogP contribution is -1.87. The second-order valence-corrected chi connectivity index (χ2v) is 9.43. The summed E-state index contributed by atoms with van der Waals surface area (Å²) in [6, 6.07) is 40.8. The largest absolute Gasteiger partial charge is 0.135 e. The molecule has 0 bridgehead atoms. The van der Waals surface area contributed by atoms with Crippen LogP contribution >= 0.6 is 22.9 Å². The van der Waals surface area contributed by atoms with Crippen LogP contribution in [-0.4, -0.2) is 0 Å². The summed E-state index contributed by atoms with van der Waals surface area (Å²) in [4.78, 5) is 0. The van der Waals surface area contributed by atoms with Crippen LogP contribution in [0.4, 0.5) is 0 Å². The zero-order chi connectivity index (χ0) is 21.5. The molecule has 6 rings (SSSR count). The van der Waals surface area contributed by atoms with Gasteiger partial charge >= 0.3 is 0 Å². The summed E-state index contributed by atoms with van der Waals surface area (Å²) in [5, 5.41) is 3.39. The van der Waals surface area contributed by atoms with E-state index in [1.165, 1.54) is 53.6 Å². The van der Waals surface area contributed by atoms with Crippen LogP contribution in [0.2, 0.25) is 5.02 Å². The van der Waals surface area contributed by atoms with Crippen molar-refractivity contribution in [2.24, 2.45) is 0 Å². The quantitative estimate of drug-likeness (QED) is 0.253. The van der Waals surface area contributed by atoms with Crippen molar-refractivity contribution in [2.75, 3.05) is 0 Å². The lowest BCUT2D eigenvalue weighted by atomic mass is 9.90. The maximum absolute atomic E-state index is 6.19. The normalized spacial score (nSPS) is 11.3. The minimum absolute atomic E-state index is 0.754. The van der Waals surface area contributed by atoms with Crippen molar-refractivity contribution in [1.29, 1.82) is 0 Å². The molecule has 0 spiro atoms. The van der Waals surface area contributed by atoms with Gasteiger partial charge in [-0.3, -0.25) is 0 Å². The summed E-state index contributed by atoms with van der Waals surface area (Å²) in [5.41, 5.74) is 7.37. The highest BCUT2D eigenvalue weighted by atomic mass is 35.5. The van der Waals surface area contributed by atoms with E-state index in [0.29, 0.717) is 0 Å². The van der Waals surface area contributed by atoms with Gasteiger partial charge in [0.15, 0.2) is 0 Å². The monoisotopic (exact) mass is 446 g/mol. The maximum atomic E-state index is 6.19. The topological polar surface area (TPSA) is 0 Å². The zero-order valence-electron chi connectivity index (χ0n) is 17.3. The fourth-order valence-corrected chi connectivity index (χ4v) is 5.69. The average Bonchev–Trinajstić information content (AvgIpc) is 3.23. The first-order valence-electron chi connectivity index (χ1n) is 10.6. The number of rotatable bonds is 3. The van der Waals surface area contributed by atoms with Gasteiger partial charge in [-0.05, 0) is 57.6 Å². The standard InChI is InChI=1S/C30H19ClS/c31-24-16-14-22(15-17-24)25-18-19-28-30(26-8-4-5-9-27(26)32-28)29(25)23-12-10-21(11-13-23)20-6-2-1-3-7-20/h1-19H. The first-order valence-corrected chi connectivity index (χ1v) is 11.8. The molecule has 0 aliphatic carbocycles. The smallest absolute Gasteiger partial charge is 0.0406 e. The Morgan fingerprint density at radius 2 is 1.09 bits per heavy atom. The minimum Gasteiger partial charge on any atom is -0.135 e. The third-order valence-corrected chi connectivity index (χ3v) is 7.37. The Morgan fingerprint density at radius 1 is 0.469 bits per heavy atom. The summed E-state index contributed by atoms with van der Waals surface area (Å²) in [5.74, 6) is 0. The van der Waals surface area contributed by atoms with E-state index in [2.05, 4.69) is 103 Å². The fraction of sp³-hybridized carbons (Fsp3) is 0. The van der Waals surface area contributed by atoms with Gasteiger partial charge in [0, 0.05) is 25.2 Å². The number of hydrogen-bond donors (Lipinski definition) is 0. The number of halogens is 1. The van der Waals surface area contributed by atoms with Gasteiger partial charge in [0.25, 0.3) is 0 Å². The molecule has 0 nitrogen and oxygen atoms in total. The molecule has 0 amide bonds. The molecule has 0 radical (unpaired) electrons. The van der Waals surface area contributed by atoms with Crippen molar-refractivity contribution in [3.63, 3.8) is 0 Å². The van der Waals surface area contributed by atoms with Gasteiger partial charge in [-0.15, -0.1) is 11.3 Å². The number of fused-ring (bicyclic) bond motifs is 3. The molecule has 0 saturated carbocycles. The van der Waals surface area contributed by atoms with E-state index in [4.69, 9.17) is 11.6 Å². The summed E-state index contributed by atoms with van der Waals surface area (Å²) < 4.78 is 2.63. The lowest BCUT2D eigenvalue weighted by molar-refractivity contribution is 1.60. The molecule has 1 heterocycles. The van der Waals surface area contributed by atoms with Crippen LogP contribution in [0.1, 0.15) is 0 Å². The van der Waals surface area contributed by atoms with Crippen molar-refractivity contribution < 1.29 is 0 Å². The van der Waals surface area contributed by atoms with Crippen LogP contribution < -0.4 is 0 Å². The molecule has 2 heteroatoms. The van der Waals surface area contributed by atoms with Crippen LogP contribution in [0.3, 0.4) is 0 Å². The van der Waals surface area contributed by atoms with Crippen molar-refractivity contribution in [2.45, 2.75) is 0 Å². The van der Waals surface area contributed by atoms with Crippen molar-refractivity contribution in [3.05, 3.63) is 120 Å². The maximum Gasteiger partial charge on any atom is 0.0406 e. The van der Waals surface area contributed by atoms with Crippen molar-refractivity contribution in [1.82, 2.24) is 0 Å². The first-order chi connectivity index (χ1) is 15.8. The van der Waals surface area contributed by atoms with Crippen molar-refractivity contribution in [3.8, 4) is 33.4 Å². The molecule has 6 aromatic rings. The Labute approximate surface area is 196 Å². The molecule has 152 valence electrons. The molecule has 32 heavy (non-hydrogen) atoms. The molecule has 0 N–H and O–H groups in total. The third kappa shape index (κ3) is 3.31. The Balaban J connectivity index is 1.63. The van der Waals surface area contributed by atoms with E-state index in [9.17, 15) is 0 Å². The summed E-state index contributed by atoms with van der Waals surface area (Å²) in [6.07, 6.45) is 0. The average molecular weight is 447 g/mol. The second-order valence-electron chi connectivity index (χ2n) is 7.91. The van der Waals surface area contributed by atoms with E-state index < -0.39 is 0 Å². The summed E-state index contributed by atoms with van der Waals surface area (Å²) >= 11 is 8.04. The van der Waals surface area contributed by atoms with Crippen LogP contribution in [-0.2, 0) is 0 Å². The van der Waals surface area contributed by atoms with Crippen LogP contribution in [0, 0.1) is 0 Å². The molecule has 0 unspecified atom stereocenters. The van der Waals surface area contributed by atoms with Crippen molar-refractivity contribution >= 4 is 43.1 Å². The van der Waals surface area contributed by atoms with Gasteiger partial charge in [-0.2, -0.15) is 0 Å². The van der Waals surface area contributed by atoms with Gasteiger partial charge in [0.1, 0.15) is 0 Å². The predicted molar refractivity (Wildman–Crippen MR) is 141 cm³/mol. The Morgan fingerprint density at radius 3 is 1.88 bits per heavy atom. The fourth-order valence-electron chi connectivity index (χ4n) is 4.45. The SMILES string of the molecule is Clc1ccc(-c2ccc3sc4ccccc4c3c2-c2ccc(-c3ccccc3)cc2)cc1. The molecular formula is C30H19ClS. The highest BCUT2D eigenvalue weighted by molar-refractivity contribution is 7.26. The number of benzene rings is 5.